The molecular formula is C11H14N2O2. The van der Waals surface area contributed by atoms with Crippen LogP contribution >= 0.6 is 0 Å². The van der Waals surface area contributed by atoms with Gasteiger partial charge in [-0.15, -0.1) is 0 Å². The fourth-order valence-electron chi connectivity index (χ4n) is 2.03. The third kappa shape index (κ3) is 1.61. The summed E-state index contributed by atoms with van der Waals surface area (Å²) in [5, 5.41) is 3.20. The number of nitrogens with zero attached hydrogens (tertiary/aromatic N) is 1. The van der Waals surface area contributed by atoms with Crippen LogP contribution in [0.1, 0.15) is 18.5 Å². The molecule has 1 aromatic rings. The number of hydrogen-bond acceptors (Lipinski definition) is 4. The molecule has 1 aliphatic heterocycles. The summed E-state index contributed by atoms with van der Waals surface area (Å²) < 4.78 is 4.85. The molecule has 0 radical (unpaired) electrons. The van der Waals surface area contributed by atoms with E-state index in [1.54, 1.807) is 6.20 Å². The van der Waals surface area contributed by atoms with E-state index in [0.29, 0.717) is 0 Å². The number of nitrogens with one attached hydrogen (secondary N) is 1. The number of carbonyl (C=O) groups excluding carboxylic acids is 1. The van der Waals surface area contributed by atoms with Crippen molar-refractivity contribution < 1.29 is 9.53 Å². The van der Waals surface area contributed by atoms with Crippen molar-refractivity contribution in [1.82, 2.24) is 10.3 Å². The molecule has 0 saturated carbocycles. The van der Waals surface area contributed by atoms with Crippen molar-refractivity contribution in [2.75, 3.05) is 13.7 Å². The van der Waals surface area contributed by atoms with E-state index < -0.39 is 5.54 Å². The van der Waals surface area contributed by atoms with Crippen LogP contribution < -0.4 is 5.32 Å². The van der Waals surface area contributed by atoms with E-state index in [2.05, 4.69) is 10.3 Å². The van der Waals surface area contributed by atoms with E-state index in [-0.39, 0.29) is 5.97 Å². The molecule has 80 valence electrons. The van der Waals surface area contributed by atoms with Gasteiger partial charge in [-0.25, -0.2) is 4.79 Å². The lowest BCUT2D eigenvalue weighted by atomic mass is 9.93. The molecule has 0 spiro atoms. The number of carbonyl (C=O) groups is 1. The summed E-state index contributed by atoms with van der Waals surface area (Å²) in [6.45, 7) is 0.825. The molecule has 0 aliphatic carbocycles. The Hall–Kier alpha value is -1.42. The highest BCUT2D eigenvalue weighted by molar-refractivity contribution is 5.82. The Morgan fingerprint density at radius 2 is 2.47 bits per heavy atom. The first-order valence-electron chi connectivity index (χ1n) is 5.04. The monoisotopic (exact) mass is 206 g/mol. The summed E-state index contributed by atoms with van der Waals surface area (Å²) in [7, 11) is 1.41. The first-order valence-corrected chi connectivity index (χ1v) is 5.04. The highest BCUT2D eigenvalue weighted by Gasteiger charge is 2.44. The lowest BCUT2D eigenvalue weighted by Crippen LogP contribution is -2.46. The molecule has 1 unspecified atom stereocenters. The van der Waals surface area contributed by atoms with Crippen LogP contribution in [0.4, 0.5) is 0 Å². The Labute approximate surface area is 88.7 Å². The first-order chi connectivity index (χ1) is 7.29. The van der Waals surface area contributed by atoms with E-state index in [4.69, 9.17) is 4.74 Å². The third-order valence-corrected chi connectivity index (χ3v) is 2.79. The molecule has 4 heteroatoms. The molecule has 1 aliphatic rings. The van der Waals surface area contributed by atoms with Crippen molar-refractivity contribution in [3.63, 3.8) is 0 Å². The van der Waals surface area contributed by atoms with Crippen molar-refractivity contribution in [3.8, 4) is 0 Å². The van der Waals surface area contributed by atoms with Gasteiger partial charge in [-0.3, -0.25) is 10.3 Å². The quantitative estimate of drug-likeness (QED) is 0.728. The van der Waals surface area contributed by atoms with E-state index in [1.165, 1.54) is 7.11 Å². The van der Waals surface area contributed by atoms with Gasteiger partial charge in [0.15, 0.2) is 5.54 Å². The summed E-state index contributed by atoms with van der Waals surface area (Å²) in [5.41, 5.74) is 0.0186. The molecule has 1 fully saturated rings. The summed E-state index contributed by atoms with van der Waals surface area (Å²) in [4.78, 5) is 16.1. The molecule has 0 amide bonds. The number of pyridine rings is 1. The zero-order valence-electron chi connectivity index (χ0n) is 8.69. The highest BCUT2D eigenvalue weighted by atomic mass is 16.5. The van der Waals surface area contributed by atoms with E-state index >= 15 is 0 Å². The molecule has 0 aromatic carbocycles. The summed E-state index contributed by atoms with van der Waals surface area (Å²) in [5.74, 6) is -0.251. The van der Waals surface area contributed by atoms with Gasteiger partial charge in [0.2, 0.25) is 0 Å². The molecule has 1 aromatic heterocycles. The van der Waals surface area contributed by atoms with Gasteiger partial charge in [0, 0.05) is 6.20 Å². The van der Waals surface area contributed by atoms with Crippen molar-refractivity contribution in [2.24, 2.45) is 0 Å². The van der Waals surface area contributed by atoms with Crippen LogP contribution in [0.15, 0.2) is 24.4 Å². The van der Waals surface area contributed by atoms with Crippen molar-refractivity contribution in [1.29, 1.82) is 0 Å². The number of methoxy groups -OCH3 is 1. The molecule has 15 heavy (non-hydrogen) atoms. The minimum absolute atomic E-state index is 0.251. The van der Waals surface area contributed by atoms with Crippen LogP contribution in [0, 0.1) is 0 Å². The van der Waals surface area contributed by atoms with Gasteiger partial charge in [-0.1, -0.05) is 6.07 Å². The summed E-state index contributed by atoms with van der Waals surface area (Å²) >= 11 is 0. The second-order valence-corrected chi connectivity index (χ2v) is 3.64. The van der Waals surface area contributed by atoms with Crippen molar-refractivity contribution in [3.05, 3.63) is 30.1 Å². The SMILES string of the molecule is COC(=O)C1(c2ccccn2)CCCN1. The van der Waals surface area contributed by atoms with Gasteiger partial charge >= 0.3 is 5.97 Å². The predicted molar refractivity (Wildman–Crippen MR) is 55.2 cm³/mol. The second kappa shape index (κ2) is 3.98. The van der Waals surface area contributed by atoms with Crippen LogP contribution in [0.5, 0.6) is 0 Å². The maximum Gasteiger partial charge on any atom is 0.332 e. The third-order valence-electron chi connectivity index (χ3n) is 2.79. The Balaban J connectivity index is 2.39. The number of esters is 1. The second-order valence-electron chi connectivity index (χ2n) is 3.64. The van der Waals surface area contributed by atoms with Gasteiger partial charge in [0.25, 0.3) is 0 Å². The summed E-state index contributed by atoms with van der Waals surface area (Å²) in [6, 6.07) is 5.58. The van der Waals surface area contributed by atoms with Crippen LogP contribution in [0.2, 0.25) is 0 Å². The van der Waals surface area contributed by atoms with Gasteiger partial charge < -0.3 is 4.74 Å². The van der Waals surface area contributed by atoms with Gasteiger partial charge in [0.1, 0.15) is 0 Å². The maximum absolute atomic E-state index is 11.8. The predicted octanol–water partition coefficient (Wildman–Crippen LogP) is 0.833. The highest BCUT2D eigenvalue weighted by Crippen LogP contribution is 2.30. The van der Waals surface area contributed by atoms with Crippen LogP contribution in [0.3, 0.4) is 0 Å². The normalized spacial score (nSPS) is 25.1. The van der Waals surface area contributed by atoms with Crippen LogP contribution in [-0.4, -0.2) is 24.6 Å². The van der Waals surface area contributed by atoms with E-state index in [1.807, 2.05) is 18.2 Å². The number of hydrogen-bond donors (Lipinski definition) is 1. The Bertz CT molecular complexity index is 345. The van der Waals surface area contributed by atoms with Gasteiger partial charge in [-0.05, 0) is 31.5 Å². The Kier molecular flexibility index (Phi) is 2.68. The standard InChI is InChI=1S/C11H14N2O2/c1-15-10(14)11(6-4-8-13-11)9-5-2-3-7-12-9/h2-3,5,7,13H,4,6,8H2,1H3. The lowest BCUT2D eigenvalue weighted by molar-refractivity contribution is -0.148. The van der Waals surface area contributed by atoms with Crippen LogP contribution in [-0.2, 0) is 15.1 Å². The molecule has 1 N–H and O–H groups in total. The average Bonchev–Trinajstić information content (AvgIpc) is 2.79. The van der Waals surface area contributed by atoms with Crippen molar-refractivity contribution >= 4 is 5.97 Å². The molecule has 0 bridgehead atoms. The molecular weight excluding hydrogens is 192 g/mol. The minimum Gasteiger partial charge on any atom is -0.467 e. The molecule has 2 rings (SSSR count). The molecule has 4 nitrogen and oxygen atoms in total. The first kappa shape index (κ1) is 10.1. The molecule has 1 atom stereocenters. The zero-order chi connectivity index (χ0) is 10.7. The van der Waals surface area contributed by atoms with Crippen molar-refractivity contribution in [2.45, 2.75) is 18.4 Å². The van der Waals surface area contributed by atoms with Gasteiger partial charge in [-0.2, -0.15) is 0 Å². The lowest BCUT2D eigenvalue weighted by Gasteiger charge is -2.25. The maximum atomic E-state index is 11.8. The Morgan fingerprint density at radius 1 is 1.60 bits per heavy atom. The minimum atomic E-state index is -0.726. The zero-order valence-corrected chi connectivity index (χ0v) is 8.69. The van der Waals surface area contributed by atoms with E-state index in [9.17, 15) is 4.79 Å². The fourth-order valence-corrected chi connectivity index (χ4v) is 2.03. The number of ether oxygens (including phenoxy) is 1. The molecule has 2 heterocycles. The fraction of sp³-hybridized carbons (Fsp3) is 0.455. The smallest absolute Gasteiger partial charge is 0.332 e. The van der Waals surface area contributed by atoms with Gasteiger partial charge in [0.05, 0.1) is 12.8 Å². The number of rotatable bonds is 2. The van der Waals surface area contributed by atoms with E-state index in [0.717, 1.165) is 25.1 Å². The Morgan fingerprint density at radius 3 is 3.00 bits per heavy atom. The molecule has 1 saturated heterocycles. The van der Waals surface area contributed by atoms with Crippen LogP contribution in [0.25, 0.3) is 0 Å². The topological polar surface area (TPSA) is 51.2 Å². The largest absolute Gasteiger partial charge is 0.467 e. The summed E-state index contributed by atoms with van der Waals surface area (Å²) in [6.07, 6.45) is 3.41. The average molecular weight is 206 g/mol. The number of aromatic nitrogens is 1.